The van der Waals surface area contributed by atoms with E-state index in [1.807, 2.05) is 0 Å². The number of hydrogen-bond donors (Lipinski definition) is 1. The third-order valence-corrected chi connectivity index (χ3v) is 4.55. The first kappa shape index (κ1) is 16.7. The third-order valence-electron chi connectivity index (χ3n) is 3.55. The van der Waals surface area contributed by atoms with Crippen molar-refractivity contribution in [1.82, 2.24) is 4.90 Å². The highest BCUT2D eigenvalue weighted by Gasteiger charge is 2.48. The summed E-state index contributed by atoms with van der Waals surface area (Å²) in [5.74, 6) is -1.81. The van der Waals surface area contributed by atoms with E-state index >= 15 is 0 Å². The molecule has 2 heterocycles. The van der Waals surface area contributed by atoms with E-state index in [9.17, 15) is 31.2 Å². The lowest BCUT2D eigenvalue weighted by Crippen LogP contribution is -2.46. The molecule has 124 valence electrons. The summed E-state index contributed by atoms with van der Waals surface area (Å²) in [4.78, 5) is 24.0. The molecule has 1 unspecified atom stereocenters. The maximum absolute atomic E-state index is 12.1. The number of hydrogen-bond acceptors (Lipinski definition) is 5. The summed E-state index contributed by atoms with van der Waals surface area (Å²) in [6.45, 7) is -0.879. The van der Waals surface area contributed by atoms with Gasteiger partial charge in [-0.2, -0.15) is 21.6 Å². The van der Waals surface area contributed by atoms with Crippen LogP contribution in [0.5, 0.6) is 0 Å². The average molecular weight is 343 g/mol. The van der Waals surface area contributed by atoms with Crippen LogP contribution in [-0.4, -0.2) is 54.5 Å². The Labute approximate surface area is 123 Å². The molecule has 22 heavy (non-hydrogen) atoms. The van der Waals surface area contributed by atoms with E-state index in [4.69, 9.17) is 5.11 Å². The van der Waals surface area contributed by atoms with E-state index in [-0.39, 0.29) is 18.4 Å². The molecule has 2 aliphatic rings. The molecule has 0 saturated carbocycles. The fourth-order valence-corrected chi connectivity index (χ4v) is 3.03. The monoisotopic (exact) mass is 343 g/mol. The summed E-state index contributed by atoms with van der Waals surface area (Å²) in [6, 6.07) is -1.43. The first-order chi connectivity index (χ1) is 10.0. The summed E-state index contributed by atoms with van der Waals surface area (Å²) in [7, 11) is -5.72. The zero-order chi connectivity index (χ0) is 16.7. The van der Waals surface area contributed by atoms with Crippen LogP contribution >= 0.6 is 0 Å². The Bertz CT molecular complexity index is 626. The van der Waals surface area contributed by atoms with Gasteiger partial charge in [0.15, 0.2) is 0 Å². The molecule has 0 aromatic rings. The third kappa shape index (κ3) is 3.09. The van der Waals surface area contributed by atoms with Crippen LogP contribution in [0.4, 0.5) is 13.2 Å². The van der Waals surface area contributed by atoms with Crippen molar-refractivity contribution < 1.29 is 40.5 Å². The van der Waals surface area contributed by atoms with Crippen molar-refractivity contribution in [3.05, 3.63) is 11.6 Å². The van der Waals surface area contributed by atoms with Crippen LogP contribution in [0.2, 0.25) is 0 Å². The van der Waals surface area contributed by atoms with Gasteiger partial charge in [0.05, 0.1) is 6.61 Å². The molecule has 0 aromatic heterocycles. The fourth-order valence-electron chi connectivity index (χ4n) is 2.59. The van der Waals surface area contributed by atoms with Gasteiger partial charge >= 0.3 is 21.6 Å². The highest BCUT2D eigenvalue weighted by molar-refractivity contribution is 7.87. The zero-order valence-electron chi connectivity index (χ0n) is 11.0. The molecule has 1 amide bonds. The van der Waals surface area contributed by atoms with Crippen molar-refractivity contribution in [2.45, 2.75) is 36.9 Å². The molecule has 11 heteroatoms. The first-order valence-corrected chi connectivity index (χ1v) is 7.64. The Kier molecular flexibility index (Phi) is 4.22. The Morgan fingerprint density at radius 3 is 2.59 bits per heavy atom. The predicted molar refractivity (Wildman–Crippen MR) is 64.9 cm³/mol. The minimum Gasteiger partial charge on any atom is -0.480 e. The van der Waals surface area contributed by atoms with Crippen molar-refractivity contribution in [2.75, 3.05) is 6.61 Å². The van der Waals surface area contributed by atoms with Crippen molar-refractivity contribution in [1.29, 1.82) is 0 Å². The van der Waals surface area contributed by atoms with Gasteiger partial charge in [0.1, 0.15) is 6.04 Å². The second-order valence-electron chi connectivity index (χ2n) is 5.00. The lowest BCUT2D eigenvalue weighted by atomic mass is 10.0. The van der Waals surface area contributed by atoms with E-state index in [1.165, 1.54) is 0 Å². The second-order valence-corrected chi connectivity index (χ2v) is 6.61. The predicted octanol–water partition coefficient (Wildman–Crippen LogP) is 0.627. The molecule has 1 saturated heterocycles. The van der Waals surface area contributed by atoms with E-state index in [0.29, 0.717) is 6.42 Å². The molecular weight excluding hydrogens is 331 g/mol. The van der Waals surface area contributed by atoms with Crippen LogP contribution < -0.4 is 0 Å². The standard InChI is InChI=1S/C11H12F3NO6S/c12-11(13,14)22(19,20)21-5-6-3-7-1-2-8(10(17)18)15(7)9(16)4-6/h4,7-8H,1-3,5H2,(H,17,18)/t7?,8-/m0/s1. The fraction of sp³-hybridized carbons (Fsp3) is 0.636. The maximum Gasteiger partial charge on any atom is 0.523 e. The van der Waals surface area contributed by atoms with E-state index < -0.39 is 46.2 Å². The van der Waals surface area contributed by atoms with Gasteiger partial charge in [-0.3, -0.25) is 8.98 Å². The molecule has 2 rings (SSSR count). The van der Waals surface area contributed by atoms with Crippen LogP contribution in [0.3, 0.4) is 0 Å². The number of nitrogens with zero attached hydrogens (tertiary/aromatic N) is 1. The molecule has 0 aliphatic carbocycles. The van der Waals surface area contributed by atoms with Gasteiger partial charge < -0.3 is 10.0 Å². The van der Waals surface area contributed by atoms with Gasteiger partial charge in [0, 0.05) is 12.1 Å². The number of carbonyl (C=O) groups is 2. The number of fused-ring (bicyclic) bond motifs is 1. The Morgan fingerprint density at radius 1 is 1.41 bits per heavy atom. The number of carbonyl (C=O) groups excluding carboxylic acids is 1. The number of rotatable bonds is 4. The first-order valence-electron chi connectivity index (χ1n) is 6.23. The van der Waals surface area contributed by atoms with Gasteiger partial charge in [0.2, 0.25) is 5.91 Å². The highest BCUT2D eigenvalue weighted by atomic mass is 32.2. The highest BCUT2D eigenvalue weighted by Crippen LogP contribution is 2.33. The van der Waals surface area contributed by atoms with Crippen LogP contribution in [0.25, 0.3) is 0 Å². The quantitative estimate of drug-likeness (QED) is 0.593. The number of alkyl halides is 3. The molecule has 1 fully saturated rings. The minimum absolute atomic E-state index is 0.0862. The zero-order valence-corrected chi connectivity index (χ0v) is 11.9. The number of amides is 1. The lowest BCUT2D eigenvalue weighted by molar-refractivity contribution is -0.148. The molecule has 0 spiro atoms. The normalized spacial score (nSPS) is 25.9. The summed E-state index contributed by atoms with van der Waals surface area (Å²) in [5, 5.41) is 8.99. The topological polar surface area (TPSA) is 101 Å². The van der Waals surface area contributed by atoms with Gasteiger partial charge in [-0.05, 0) is 24.8 Å². The summed E-state index contributed by atoms with van der Waals surface area (Å²) in [6.07, 6.45) is 1.65. The van der Waals surface area contributed by atoms with Crippen LogP contribution in [0, 0.1) is 0 Å². The van der Waals surface area contributed by atoms with Gasteiger partial charge in [-0.15, -0.1) is 0 Å². The van der Waals surface area contributed by atoms with E-state index in [1.54, 1.807) is 0 Å². The van der Waals surface area contributed by atoms with Crippen LogP contribution in [-0.2, 0) is 23.9 Å². The molecule has 0 radical (unpaired) electrons. The van der Waals surface area contributed by atoms with Crippen molar-refractivity contribution in [2.24, 2.45) is 0 Å². The molecular formula is C11H12F3NO6S. The smallest absolute Gasteiger partial charge is 0.480 e. The number of halogens is 3. The summed E-state index contributed by atoms with van der Waals surface area (Å²) in [5.41, 5.74) is -5.44. The molecule has 0 bridgehead atoms. The molecule has 0 aromatic carbocycles. The molecule has 2 atom stereocenters. The maximum atomic E-state index is 12.1. The number of aliphatic carboxylic acids is 1. The Morgan fingerprint density at radius 2 is 2.05 bits per heavy atom. The van der Waals surface area contributed by atoms with Gasteiger partial charge in [0.25, 0.3) is 0 Å². The van der Waals surface area contributed by atoms with Crippen molar-refractivity contribution in [3.63, 3.8) is 0 Å². The Hall–Kier alpha value is -1.62. The number of carboxylic acid groups (broad SMARTS) is 1. The lowest BCUT2D eigenvalue weighted by Gasteiger charge is -2.31. The van der Waals surface area contributed by atoms with E-state index in [0.717, 1.165) is 11.0 Å². The van der Waals surface area contributed by atoms with Gasteiger partial charge in [-0.25, -0.2) is 4.79 Å². The number of carboxylic acids is 1. The molecule has 2 aliphatic heterocycles. The SMILES string of the molecule is O=C(O)[C@@H]1CCC2CC(COS(=O)(=O)C(F)(F)F)=CC(=O)N21. The average Bonchev–Trinajstić information content (AvgIpc) is 2.79. The summed E-state index contributed by atoms with van der Waals surface area (Å²) < 4.78 is 61.9. The van der Waals surface area contributed by atoms with Crippen molar-refractivity contribution in [3.8, 4) is 0 Å². The Balaban J connectivity index is 2.08. The van der Waals surface area contributed by atoms with Crippen molar-refractivity contribution >= 4 is 22.0 Å². The molecule has 1 N–H and O–H groups in total. The van der Waals surface area contributed by atoms with E-state index in [2.05, 4.69) is 4.18 Å². The molecule has 7 nitrogen and oxygen atoms in total. The van der Waals surface area contributed by atoms with Crippen LogP contribution in [0.15, 0.2) is 11.6 Å². The minimum atomic E-state index is -5.72. The van der Waals surface area contributed by atoms with Gasteiger partial charge in [-0.1, -0.05) is 0 Å². The van der Waals surface area contributed by atoms with Crippen LogP contribution in [0.1, 0.15) is 19.3 Å². The summed E-state index contributed by atoms with van der Waals surface area (Å²) >= 11 is 0. The largest absolute Gasteiger partial charge is 0.523 e. The second kappa shape index (κ2) is 5.54.